The highest BCUT2D eigenvalue weighted by atomic mass is 31.2. The molecule has 0 aromatic carbocycles. The Balaban J connectivity index is 1.66. The minimum atomic E-state index is -2.93. The van der Waals surface area contributed by atoms with Crippen molar-refractivity contribution >= 4 is 13.6 Å². The van der Waals surface area contributed by atoms with Gasteiger partial charge in [0, 0.05) is 31.7 Å². The first kappa shape index (κ1) is 16.2. The number of urea groups is 1. The van der Waals surface area contributed by atoms with E-state index < -0.39 is 24.7 Å². The Labute approximate surface area is 131 Å². The van der Waals surface area contributed by atoms with Crippen molar-refractivity contribution in [1.29, 1.82) is 0 Å². The van der Waals surface area contributed by atoms with E-state index in [1.54, 1.807) is 9.34 Å². The molecular formula is C13H25N5O3P. The first-order valence-electron chi connectivity index (χ1n) is 7.74. The number of nitrogens with zero attached hydrogens (tertiary/aromatic N) is 3. The summed E-state index contributed by atoms with van der Waals surface area (Å²) in [5.41, 5.74) is -1.21. The van der Waals surface area contributed by atoms with Crippen LogP contribution < -0.4 is 10.4 Å². The monoisotopic (exact) mass is 330 g/mol. The van der Waals surface area contributed by atoms with Gasteiger partial charge >= 0.3 is 13.6 Å². The summed E-state index contributed by atoms with van der Waals surface area (Å²) in [6.07, 6.45) is 0.564. The molecule has 3 fully saturated rings. The number of hydrogen-bond donors (Lipinski definition) is 2. The molecule has 3 heterocycles. The molecule has 22 heavy (non-hydrogen) atoms. The highest BCUT2D eigenvalue weighted by Gasteiger charge is 2.54. The largest absolute Gasteiger partial charge is 0.333 e. The van der Waals surface area contributed by atoms with Crippen LogP contribution in [0, 0.1) is 0 Å². The fourth-order valence-electron chi connectivity index (χ4n) is 3.26. The van der Waals surface area contributed by atoms with E-state index in [2.05, 4.69) is 10.4 Å². The van der Waals surface area contributed by atoms with Crippen LogP contribution in [-0.4, -0.2) is 63.7 Å². The molecule has 0 saturated carbocycles. The average molecular weight is 330 g/mol. The number of carbonyl (C=O) groups excluding carboxylic acids is 1. The van der Waals surface area contributed by atoms with Gasteiger partial charge in [-0.3, -0.25) is 9.65 Å². The minimum absolute atomic E-state index is 0.281. The van der Waals surface area contributed by atoms with Gasteiger partial charge in [0.25, 0.3) is 0 Å². The third-order valence-corrected chi connectivity index (χ3v) is 7.62. The van der Waals surface area contributed by atoms with Gasteiger partial charge in [-0.25, -0.2) is 14.1 Å². The second kappa shape index (κ2) is 4.92. The summed E-state index contributed by atoms with van der Waals surface area (Å²) < 4.78 is 16.5. The highest BCUT2D eigenvalue weighted by molar-refractivity contribution is 7.58. The molecule has 0 aromatic heterocycles. The highest BCUT2D eigenvalue weighted by Crippen LogP contribution is 2.56. The fraction of sp³-hybridized carbons (Fsp3) is 0.923. The molecule has 9 heteroatoms. The molecule has 8 nitrogen and oxygen atoms in total. The Morgan fingerprint density at radius 3 is 1.95 bits per heavy atom. The summed E-state index contributed by atoms with van der Waals surface area (Å²) in [7, 11) is -2.93. The van der Waals surface area contributed by atoms with Gasteiger partial charge in [-0.1, -0.05) is 0 Å². The Hall–Kier alpha value is -0.660. The SMILES string of the molecule is CC1(C)CC(NC(=O)NP(=O)(N2CC2)N2CC2)C(C)(C)N1[O]. The lowest BCUT2D eigenvalue weighted by molar-refractivity contribution is -0.245. The Bertz CT molecular complexity index is 514. The molecule has 1 radical (unpaired) electrons. The van der Waals surface area contributed by atoms with Crippen molar-refractivity contribution in [2.45, 2.75) is 51.2 Å². The van der Waals surface area contributed by atoms with Crippen LogP contribution in [0.25, 0.3) is 0 Å². The van der Waals surface area contributed by atoms with Crippen molar-refractivity contribution in [3.63, 3.8) is 0 Å². The summed E-state index contributed by atoms with van der Waals surface area (Å²) in [5, 5.41) is 18.9. The number of hydroxylamine groups is 2. The van der Waals surface area contributed by atoms with Gasteiger partial charge in [-0.2, -0.15) is 0 Å². The topological polar surface area (TPSA) is 87.4 Å². The lowest BCUT2D eigenvalue weighted by atomic mass is 9.94. The van der Waals surface area contributed by atoms with Gasteiger partial charge in [-0.05, 0) is 34.1 Å². The van der Waals surface area contributed by atoms with Gasteiger partial charge in [0.2, 0.25) is 0 Å². The van der Waals surface area contributed by atoms with Gasteiger partial charge in [0.05, 0.1) is 11.6 Å². The standard InChI is InChI=1S/C13H25N5O3P/c1-12(2)9-10(13(3,4)18(12)20)14-11(19)15-22(21,16-5-6-16)17-7-8-17/h10H,5-9H2,1-4H3,(H2,14,15,19,21). The lowest BCUT2D eigenvalue weighted by Crippen LogP contribution is -2.54. The van der Waals surface area contributed by atoms with Gasteiger partial charge in [-0.15, -0.1) is 10.3 Å². The second-order valence-electron chi connectivity index (χ2n) is 7.55. The molecule has 2 amide bonds. The molecule has 0 bridgehead atoms. The zero-order valence-corrected chi connectivity index (χ0v) is 14.5. The first-order valence-corrected chi connectivity index (χ1v) is 9.36. The number of rotatable bonds is 4. The minimum Gasteiger partial charge on any atom is -0.333 e. The summed E-state index contributed by atoms with van der Waals surface area (Å²) in [6.45, 7) is 10.4. The molecule has 3 aliphatic heterocycles. The Morgan fingerprint density at radius 1 is 1.09 bits per heavy atom. The van der Waals surface area contributed by atoms with Crippen molar-refractivity contribution in [3.8, 4) is 0 Å². The average Bonchev–Trinajstić information content (AvgIpc) is 3.28. The van der Waals surface area contributed by atoms with E-state index in [0.29, 0.717) is 6.42 Å². The molecule has 125 valence electrons. The maximum absolute atomic E-state index is 12.9. The van der Waals surface area contributed by atoms with Crippen LogP contribution in [-0.2, 0) is 9.77 Å². The van der Waals surface area contributed by atoms with Crippen LogP contribution >= 0.6 is 7.59 Å². The zero-order chi connectivity index (χ0) is 16.3. The van der Waals surface area contributed by atoms with E-state index in [4.69, 9.17) is 0 Å². The van der Waals surface area contributed by atoms with Crippen molar-refractivity contribution in [3.05, 3.63) is 0 Å². The van der Waals surface area contributed by atoms with Crippen molar-refractivity contribution in [1.82, 2.24) is 24.8 Å². The second-order valence-corrected chi connectivity index (χ2v) is 10.00. The van der Waals surface area contributed by atoms with E-state index in [1.807, 2.05) is 27.7 Å². The number of nitrogens with one attached hydrogen (secondary N) is 2. The Kier molecular flexibility index (Phi) is 3.62. The third kappa shape index (κ3) is 2.67. The van der Waals surface area contributed by atoms with E-state index in [9.17, 15) is 14.6 Å². The van der Waals surface area contributed by atoms with Crippen LogP contribution in [0.4, 0.5) is 4.79 Å². The summed E-state index contributed by atoms with van der Waals surface area (Å²) >= 11 is 0. The van der Waals surface area contributed by atoms with E-state index >= 15 is 0 Å². The number of amides is 2. The Morgan fingerprint density at radius 2 is 1.59 bits per heavy atom. The van der Waals surface area contributed by atoms with Gasteiger partial charge in [0.15, 0.2) is 0 Å². The molecule has 1 unspecified atom stereocenters. The van der Waals surface area contributed by atoms with Crippen molar-refractivity contribution in [2.75, 3.05) is 26.2 Å². The zero-order valence-electron chi connectivity index (χ0n) is 13.6. The smallest absolute Gasteiger partial charge is 0.322 e. The molecule has 0 aliphatic carbocycles. The molecule has 1 atom stereocenters. The van der Waals surface area contributed by atoms with Crippen molar-refractivity contribution in [2.24, 2.45) is 0 Å². The predicted molar refractivity (Wildman–Crippen MR) is 81.5 cm³/mol. The third-order valence-electron chi connectivity index (χ3n) is 4.80. The van der Waals surface area contributed by atoms with E-state index in [-0.39, 0.29) is 6.04 Å². The molecule has 2 N–H and O–H groups in total. The molecule has 0 aromatic rings. The molecule has 3 aliphatic rings. The number of carbonyl (C=O) groups is 1. The lowest BCUT2D eigenvalue weighted by Gasteiger charge is -2.34. The summed E-state index contributed by atoms with van der Waals surface area (Å²) in [5.74, 6) is 0. The van der Waals surface area contributed by atoms with E-state index in [1.165, 1.54) is 0 Å². The summed E-state index contributed by atoms with van der Waals surface area (Å²) in [4.78, 5) is 12.3. The van der Waals surface area contributed by atoms with Crippen LogP contribution in [0.15, 0.2) is 0 Å². The van der Waals surface area contributed by atoms with Gasteiger partial charge in [0.1, 0.15) is 0 Å². The molecule has 3 saturated heterocycles. The first-order chi connectivity index (χ1) is 10.1. The maximum Gasteiger partial charge on any atom is 0.322 e. The van der Waals surface area contributed by atoms with Crippen LogP contribution in [0.1, 0.15) is 34.1 Å². The molecule has 0 spiro atoms. The molecular weight excluding hydrogens is 305 g/mol. The van der Waals surface area contributed by atoms with Crippen molar-refractivity contribution < 1.29 is 14.6 Å². The maximum atomic E-state index is 12.9. The molecule has 3 rings (SSSR count). The normalized spacial score (nSPS) is 31.0. The van der Waals surface area contributed by atoms with E-state index in [0.717, 1.165) is 31.2 Å². The quantitative estimate of drug-likeness (QED) is 0.593. The number of hydrogen-bond acceptors (Lipinski definition) is 3. The predicted octanol–water partition coefficient (Wildman–Crippen LogP) is 1.00. The van der Waals surface area contributed by atoms with Crippen LogP contribution in [0.2, 0.25) is 0 Å². The fourth-order valence-corrected chi connectivity index (χ4v) is 5.49. The van der Waals surface area contributed by atoms with Crippen LogP contribution in [0.3, 0.4) is 0 Å². The van der Waals surface area contributed by atoms with Gasteiger partial charge < -0.3 is 5.32 Å². The summed E-state index contributed by atoms with van der Waals surface area (Å²) in [6, 6.07) is -0.733. The van der Waals surface area contributed by atoms with Crippen LogP contribution in [0.5, 0.6) is 0 Å².